The largest absolute Gasteiger partial charge is 0.506 e. The van der Waals surface area contributed by atoms with Crippen LogP contribution in [0.25, 0.3) is 10.9 Å². The van der Waals surface area contributed by atoms with Gasteiger partial charge < -0.3 is 10.4 Å². The normalized spacial score (nSPS) is 15.7. The van der Waals surface area contributed by atoms with Gasteiger partial charge in [0.1, 0.15) is 5.75 Å². The maximum absolute atomic E-state index is 12.2. The van der Waals surface area contributed by atoms with E-state index in [0.717, 1.165) is 38.0 Å². The maximum Gasteiger partial charge on any atom is 0.260 e. The van der Waals surface area contributed by atoms with Crippen LogP contribution in [0.2, 0.25) is 10.0 Å². The number of aromatic amines is 1. The van der Waals surface area contributed by atoms with Crippen molar-refractivity contribution in [3.05, 3.63) is 62.4 Å². The van der Waals surface area contributed by atoms with Crippen LogP contribution < -0.4 is 10.9 Å². The molecule has 2 heterocycles. The van der Waals surface area contributed by atoms with Gasteiger partial charge in [0.05, 0.1) is 15.9 Å². The lowest BCUT2D eigenvalue weighted by Crippen LogP contribution is -2.35. The number of H-pyrrole nitrogens is 1. The zero-order chi connectivity index (χ0) is 20.4. The highest BCUT2D eigenvalue weighted by atomic mass is 35.5. The molecular weight excluding hydrogens is 411 g/mol. The maximum atomic E-state index is 12.2. The number of phenols is 1. The van der Waals surface area contributed by atoms with E-state index in [1.54, 1.807) is 18.2 Å². The molecule has 1 aliphatic rings. The van der Waals surface area contributed by atoms with Gasteiger partial charge in [-0.1, -0.05) is 35.3 Å². The SMILES string of the molecule is O=c1[nH]c(NCC2CCN(Cc3cc(Cl)cc(Cl)c3O)CC2)nc2ccccc12. The van der Waals surface area contributed by atoms with Gasteiger partial charge in [0.25, 0.3) is 5.56 Å². The Morgan fingerprint density at radius 2 is 1.97 bits per heavy atom. The summed E-state index contributed by atoms with van der Waals surface area (Å²) in [5.41, 5.74) is 1.30. The van der Waals surface area contributed by atoms with Crippen LogP contribution in [-0.4, -0.2) is 39.6 Å². The molecule has 3 N–H and O–H groups in total. The number of anilines is 1. The topological polar surface area (TPSA) is 81.2 Å². The van der Waals surface area contributed by atoms with E-state index < -0.39 is 0 Å². The van der Waals surface area contributed by atoms with Crippen LogP contribution in [0.1, 0.15) is 18.4 Å². The Bertz CT molecular complexity index is 1080. The number of rotatable bonds is 5. The summed E-state index contributed by atoms with van der Waals surface area (Å²) in [5, 5.41) is 14.8. The minimum atomic E-state index is -0.132. The third-order valence-corrected chi connectivity index (χ3v) is 5.89. The van der Waals surface area contributed by atoms with E-state index in [9.17, 15) is 9.90 Å². The van der Waals surface area contributed by atoms with Crippen molar-refractivity contribution in [2.45, 2.75) is 19.4 Å². The van der Waals surface area contributed by atoms with Gasteiger partial charge in [-0.05, 0) is 56.1 Å². The van der Waals surface area contributed by atoms with E-state index in [1.807, 2.05) is 18.2 Å². The van der Waals surface area contributed by atoms with Crippen LogP contribution in [0.3, 0.4) is 0 Å². The first kappa shape index (κ1) is 20.0. The molecule has 0 amide bonds. The molecule has 0 spiro atoms. The number of hydrogen-bond donors (Lipinski definition) is 3. The predicted molar refractivity (Wildman–Crippen MR) is 117 cm³/mol. The second kappa shape index (κ2) is 8.61. The van der Waals surface area contributed by atoms with Gasteiger partial charge in [-0.3, -0.25) is 14.7 Å². The number of aromatic nitrogens is 2. The van der Waals surface area contributed by atoms with E-state index in [1.165, 1.54) is 0 Å². The summed E-state index contributed by atoms with van der Waals surface area (Å²) in [5.74, 6) is 1.10. The van der Waals surface area contributed by atoms with Crippen LogP contribution in [-0.2, 0) is 6.54 Å². The molecule has 1 aromatic heterocycles. The molecule has 3 aromatic rings. The predicted octanol–water partition coefficient (Wildman–Crippen LogP) is 4.26. The molecule has 2 aromatic carbocycles. The molecule has 0 aliphatic carbocycles. The quantitative estimate of drug-likeness (QED) is 0.560. The number of benzene rings is 2. The zero-order valence-corrected chi connectivity index (χ0v) is 17.3. The Morgan fingerprint density at radius 3 is 2.76 bits per heavy atom. The van der Waals surface area contributed by atoms with Crippen LogP contribution in [0.15, 0.2) is 41.2 Å². The first-order chi connectivity index (χ1) is 14.0. The number of phenolic OH excluding ortho intramolecular Hbond substituents is 1. The summed E-state index contributed by atoms with van der Waals surface area (Å²) in [6.45, 7) is 3.20. The summed E-state index contributed by atoms with van der Waals surface area (Å²) in [6.07, 6.45) is 2.03. The fourth-order valence-corrected chi connectivity index (χ4v) is 4.28. The molecule has 4 rings (SSSR count). The van der Waals surface area contributed by atoms with Crippen molar-refractivity contribution >= 4 is 40.1 Å². The average molecular weight is 433 g/mol. The molecular formula is C21H22Cl2N4O2. The number of piperidine rings is 1. The van der Waals surface area contributed by atoms with Crippen molar-refractivity contribution in [3.63, 3.8) is 0 Å². The lowest BCUT2D eigenvalue weighted by molar-refractivity contribution is 0.181. The molecule has 0 radical (unpaired) electrons. The minimum absolute atomic E-state index is 0.103. The molecule has 152 valence electrons. The van der Waals surface area contributed by atoms with Crippen molar-refractivity contribution in [1.29, 1.82) is 0 Å². The molecule has 0 saturated carbocycles. The summed E-state index contributed by atoms with van der Waals surface area (Å²) in [7, 11) is 0. The first-order valence-corrected chi connectivity index (χ1v) is 10.4. The van der Waals surface area contributed by atoms with Crippen molar-refractivity contribution in [3.8, 4) is 5.75 Å². The fourth-order valence-electron chi connectivity index (χ4n) is 3.74. The van der Waals surface area contributed by atoms with Gasteiger partial charge in [-0.15, -0.1) is 0 Å². The van der Waals surface area contributed by atoms with Crippen LogP contribution in [0.4, 0.5) is 5.95 Å². The van der Waals surface area contributed by atoms with Crippen molar-refractivity contribution in [1.82, 2.24) is 14.9 Å². The number of halogens is 2. The molecule has 29 heavy (non-hydrogen) atoms. The molecule has 0 unspecified atom stereocenters. The van der Waals surface area contributed by atoms with Crippen LogP contribution >= 0.6 is 23.2 Å². The highest BCUT2D eigenvalue weighted by Gasteiger charge is 2.21. The summed E-state index contributed by atoms with van der Waals surface area (Å²) in [6, 6.07) is 10.6. The van der Waals surface area contributed by atoms with Crippen molar-refractivity contribution in [2.24, 2.45) is 5.92 Å². The van der Waals surface area contributed by atoms with E-state index in [0.29, 0.717) is 34.3 Å². The zero-order valence-electron chi connectivity index (χ0n) is 15.8. The number of para-hydroxylation sites is 1. The van der Waals surface area contributed by atoms with Crippen LogP contribution in [0.5, 0.6) is 5.75 Å². The third kappa shape index (κ3) is 4.66. The molecule has 1 saturated heterocycles. The van der Waals surface area contributed by atoms with Gasteiger partial charge in [-0.2, -0.15) is 0 Å². The van der Waals surface area contributed by atoms with Gasteiger partial charge in [-0.25, -0.2) is 4.98 Å². The standard InChI is InChI=1S/C21H22Cl2N4O2/c22-15-9-14(19(28)17(23)10-15)12-27-7-5-13(6-8-27)11-24-21-25-18-4-2-1-3-16(18)20(29)26-21/h1-4,9-10,13,28H,5-8,11-12H2,(H2,24,25,26,29). The molecule has 8 heteroatoms. The Labute approximate surface area is 178 Å². The average Bonchev–Trinajstić information content (AvgIpc) is 2.71. The fraction of sp³-hybridized carbons (Fsp3) is 0.333. The van der Waals surface area contributed by atoms with E-state index in [-0.39, 0.29) is 16.3 Å². The Kier molecular flexibility index (Phi) is 5.94. The van der Waals surface area contributed by atoms with E-state index in [4.69, 9.17) is 23.2 Å². The Morgan fingerprint density at radius 1 is 1.21 bits per heavy atom. The lowest BCUT2D eigenvalue weighted by Gasteiger charge is -2.32. The number of hydrogen-bond acceptors (Lipinski definition) is 5. The van der Waals surface area contributed by atoms with Crippen molar-refractivity contribution < 1.29 is 5.11 Å². The summed E-state index contributed by atoms with van der Waals surface area (Å²) < 4.78 is 0. The van der Waals surface area contributed by atoms with Crippen LogP contribution in [0, 0.1) is 5.92 Å². The van der Waals surface area contributed by atoms with E-state index >= 15 is 0 Å². The molecule has 6 nitrogen and oxygen atoms in total. The third-order valence-electron chi connectivity index (χ3n) is 5.38. The number of nitrogens with zero attached hydrogens (tertiary/aromatic N) is 2. The van der Waals surface area contributed by atoms with E-state index in [2.05, 4.69) is 20.2 Å². The number of fused-ring (bicyclic) bond motifs is 1. The highest BCUT2D eigenvalue weighted by molar-refractivity contribution is 6.35. The Balaban J connectivity index is 1.32. The molecule has 1 aliphatic heterocycles. The molecule has 0 bridgehead atoms. The van der Waals surface area contributed by atoms with Gasteiger partial charge >= 0.3 is 0 Å². The monoisotopic (exact) mass is 432 g/mol. The number of likely N-dealkylation sites (tertiary alicyclic amines) is 1. The highest BCUT2D eigenvalue weighted by Crippen LogP contribution is 2.32. The minimum Gasteiger partial charge on any atom is -0.506 e. The lowest BCUT2D eigenvalue weighted by atomic mass is 9.96. The smallest absolute Gasteiger partial charge is 0.260 e. The number of aromatic hydroxyl groups is 1. The second-order valence-corrected chi connectivity index (χ2v) is 8.27. The summed E-state index contributed by atoms with van der Waals surface area (Å²) >= 11 is 12.1. The first-order valence-electron chi connectivity index (χ1n) is 9.62. The van der Waals surface area contributed by atoms with Gasteiger partial charge in [0.2, 0.25) is 5.95 Å². The summed E-state index contributed by atoms with van der Waals surface area (Å²) in [4.78, 5) is 21.7. The number of nitrogens with one attached hydrogen (secondary N) is 2. The Hall–Kier alpha value is -2.28. The molecule has 0 atom stereocenters. The van der Waals surface area contributed by atoms with Gasteiger partial charge in [0, 0.05) is 23.7 Å². The van der Waals surface area contributed by atoms with Crippen molar-refractivity contribution in [2.75, 3.05) is 25.0 Å². The second-order valence-electron chi connectivity index (χ2n) is 7.43. The van der Waals surface area contributed by atoms with Gasteiger partial charge in [0.15, 0.2) is 0 Å². The molecule has 1 fully saturated rings.